The topological polar surface area (TPSA) is 81.0 Å². The van der Waals surface area contributed by atoms with E-state index in [1.807, 2.05) is 6.92 Å². The van der Waals surface area contributed by atoms with Gasteiger partial charge in [-0.15, -0.1) is 0 Å². The summed E-state index contributed by atoms with van der Waals surface area (Å²) in [4.78, 5) is 0. The summed E-state index contributed by atoms with van der Waals surface area (Å²) >= 11 is 3.25. The van der Waals surface area contributed by atoms with Crippen LogP contribution in [-0.2, 0) is 4.74 Å². The normalized spacial score (nSPS) is 12.7. The molecule has 0 unspecified atom stereocenters. The number of hydrogen-bond acceptors (Lipinski definition) is 5. The predicted molar refractivity (Wildman–Crippen MR) is 116 cm³/mol. The highest BCUT2D eigenvalue weighted by molar-refractivity contribution is 9.11. The molecule has 0 atom stereocenters. The molecule has 0 heterocycles. The van der Waals surface area contributed by atoms with Crippen LogP contribution in [0.1, 0.15) is 25.8 Å². The van der Waals surface area contributed by atoms with Crippen molar-refractivity contribution < 1.29 is 22.3 Å². The molecule has 0 aliphatic rings. The molecule has 0 aliphatic carbocycles. The standard InChI is InChI=1S/C20H23BrF4N4O/c1-4-28-19(21)13(11-26)8-15(10-18(27)20(23,24)25)29-17-7-6-14(22)9-16(17)12(3)30-5-2/h6-7,9-11,26-29H,3-5,8H2,1-2H3/b15-10-,19-13-,26-11?,27-18?. The zero-order chi connectivity index (χ0) is 22.9. The van der Waals surface area contributed by atoms with Crippen LogP contribution in [0.25, 0.3) is 5.76 Å². The van der Waals surface area contributed by atoms with Gasteiger partial charge in [0.2, 0.25) is 0 Å². The molecule has 0 radical (unpaired) electrons. The molecule has 1 aromatic carbocycles. The van der Waals surface area contributed by atoms with E-state index >= 15 is 0 Å². The van der Waals surface area contributed by atoms with Crippen molar-refractivity contribution in [3.63, 3.8) is 0 Å². The zero-order valence-electron chi connectivity index (χ0n) is 16.5. The van der Waals surface area contributed by atoms with Crippen molar-refractivity contribution in [2.75, 3.05) is 18.5 Å². The first-order valence-electron chi connectivity index (χ1n) is 8.91. The minimum Gasteiger partial charge on any atom is -0.494 e. The summed E-state index contributed by atoms with van der Waals surface area (Å²) in [5.41, 5.74) is -0.769. The smallest absolute Gasteiger partial charge is 0.432 e. The molecule has 0 aliphatic heterocycles. The van der Waals surface area contributed by atoms with E-state index in [-0.39, 0.29) is 35.7 Å². The molecule has 0 bridgehead atoms. The summed E-state index contributed by atoms with van der Waals surface area (Å²) in [6.45, 7) is 8.05. The summed E-state index contributed by atoms with van der Waals surface area (Å²) in [7, 11) is 0. The van der Waals surface area contributed by atoms with E-state index in [0.29, 0.717) is 22.8 Å². The van der Waals surface area contributed by atoms with E-state index < -0.39 is 17.7 Å². The number of ether oxygens (including phenoxy) is 1. The summed E-state index contributed by atoms with van der Waals surface area (Å²) in [6, 6.07) is 3.63. The second kappa shape index (κ2) is 11.5. The molecule has 164 valence electrons. The van der Waals surface area contributed by atoms with E-state index in [9.17, 15) is 17.6 Å². The monoisotopic (exact) mass is 490 g/mol. The fourth-order valence-corrected chi connectivity index (χ4v) is 2.87. The maximum Gasteiger partial charge on any atom is 0.432 e. The first kappa shape index (κ1) is 25.4. The molecule has 0 saturated heterocycles. The molecule has 0 spiro atoms. The van der Waals surface area contributed by atoms with Crippen molar-refractivity contribution >= 4 is 39.3 Å². The Balaban J connectivity index is 3.43. The van der Waals surface area contributed by atoms with Crippen LogP contribution in [0.2, 0.25) is 0 Å². The molecule has 0 fully saturated rings. The van der Waals surface area contributed by atoms with Gasteiger partial charge < -0.3 is 20.8 Å². The van der Waals surface area contributed by atoms with Crippen molar-refractivity contribution in [1.82, 2.24) is 5.32 Å². The van der Waals surface area contributed by atoms with Gasteiger partial charge in [-0.05, 0) is 54.1 Å². The largest absolute Gasteiger partial charge is 0.494 e. The lowest BCUT2D eigenvalue weighted by molar-refractivity contribution is -0.0584. The van der Waals surface area contributed by atoms with Gasteiger partial charge in [-0.1, -0.05) is 6.58 Å². The van der Waals surface area contributed by atoms with Gasteiger partial charge >= 0.3 is 6.18 Å². The minimum atomic E-state index is -4.85. The van der Waals surface area contributed by atoms with Crippen LogP contribution in [0.5, 0.6) is 0 Å². The molecular weight excluding hydrogens is 468 g/mol. The second-order valence-corrected chi connectivity index (χ2v) is 6.74. The zero-order valence-corrected chi connectivity index (χ0v) is 18.1. The Morgan fingerprint density at radius 1 is 1.30 bits per heavy atom. The SMILES string of the molecule is C=C(OCC)c1cc(F)ccc1N/C(=C\C(=N)C(F)(F)F)C/C(C=N)=C(\Br)NCC. The van der Waals surface area contributed by atoms with Gasteiger partial charge in [0.05, 0.1) is 11.2 Å². The van der Waals surface area contributed by atoms with Gasteiger partial charge in [-0.2, -0.15) is 13.2 Å². The first-order chi connectivity index (χ1) is 14.0. The highest BCUT2D eigenvalue weighted by Crippen LogP contribution is 2.28. The Morgan fingerprint density at radius 3 is 2.50 bits per heavy atom. The number of rotatable bonds is 11. The summed E-state index contributed by atoms with van der Waals surface area (Å²) < 4.78 is 58.3. The molecule has 1 rings (SSSR count). The summed E-state index contributed by atoms with van der Waals surface area (Å²) in [5, 5.41) is 20.6. The van der Waals surface area contributed by atoms with E-state index in [1.165, 1.54) is 6.07 Å². The molecule has 0 amide bonds. The van der Waals surface area contributed by atoms with Crippen molar-refractivity contribution in [2.45, 2.75) is 26.4 Å². The first-order valence-corrected chi connectivity index (χ1v) is 9.70. The second-order valence-electron chi connectivity index (χ2n) is 5.94. The Bertz CT molecular complexity index is 863. The van der Waals surface area contributed by atoms with Crippen LogP contribution in [0.4, 0.5) is 23.2 Å². The number of benzene rings is 1. The molecule has 4 N–H and O–H groups in total. The molecular formula is C20H23BrF4N4O. The molecule has 10 heteroatoms. The van der Waals surface area contributed by atoms with Crippen LogP contribution < -0.4 is 10.6 Å². The van der Waals surface area contributed by atoms with E-state index in [2.05, 4.69) is 33.1 Å². The number of anilines is 1. The third-order valence-corrected chi connectivity index (χ3v) is 4.48. The van der Waals surface area contributed by atoms with Gasteiger partial charge in [0.25, 0.3) is 0 Å². The van der Waals surface area contributed by atoms with E-state index in [4.69, 9.17) is 15.6 Å². The Kier molecular flexibility index (Phi) is 9.77. The number of alkyl halides is 3. The van der Waals surface area contributed by atoms with Gasteiger partial charge in [0, 0.05) is 41.7 Å². The lowest BCUT2D eigenvalue weighted by atomic mass is 10.1. The lowest BCUT2D eigenvalue weighted by Crippen LogP contribution is -2.21. The maximum atomic E-state index is 13.7. The van der Waals surface area contributed by atoms with Gasteiger partial charge in [-0.3, -0.25) is 5.41 Å². The van der Waals surface area contributed by atoms with Crippen LogP contribution >= 0.6 is 15.9 Å². The molecule has 5 nitrogen and oxygen atoms in total. The van der Waals surface area contributed by atoms with Gasteiger partial charge in [-0.25, -0.2) is 4.39 Å². The lowest BCUT2D eigenvalue weighted by Gasteiger charge is -2.18. The van der Waals surface area contributed by atoms with E-state index in [0.717, 1.165) is 18.3 Å². The highest BCUT2D eigenvalue weighted by atomic mass is 79.9. The predicted octanol–water partition coefficient (Wildman–Crippen LogP) is 5.97. The fraction of sp³-hybridized carbons (Fsp3) is 0.300. The van der Waals surface area contributed by atoms with Crippen LogP contribution in [-0.4, -0.2) is 31.3 Å². The molecule has 0 aromatic heterocycles. The number of allylic oxidation sites excluding steroid dienone is 2. The van der Waals surface area contributed by atoms with Crippen molar-refractivity contribution in [3.05, 3.63) is 58.1 Å². The summed E-state index contributed by atoms with van der Waals surface area (Å²) in [6.07, 6.45) is -3.36. The fourth-order valence-electron chi connectivity index (χ4n) is 2.33. The minimum absolute atomic E-state index is 0.0252. The van der Waals surface area contributed by atoms with Crippen LogP contribution in [0, 0.1) is 16.6 Å². The number of nitrogens with one attached hydrogen (secondary N) is 4. The Morgan fingerprint density at radius 2 is 1.97 bits per heavy atom. The number of halogens is 5. The quantitative estimate of drug-likeness (QED) is 0.133. The highest BCUT2D eigenvalue weighted by Gasteiger charge is 2.33. The van der Waals surface area contributed by atoms with Crippen molar-refractivity contribution in [3.8, 4) is 0 Å². The van der Waals surface area contributed by atoms with Gasteiger partial charge in [0.15, 0.2) is 0 Å². The average Bonchev–Trinajstić information content (AvgIpc) is 2.66. The average molecular weight is 491 g/mol. The molecule has 1 aromatic rings. The van der Waals surface area contributed by atoms with Gasteiger partial charge in [0.1, 0.15) is 17.3 Å². The van der Waals surface area contributed by atoms with E-state index in [1.54, 1.807) is 6.92 Å². The third-order valence-electron chi connectivity index (χ3n) is 3.69. The molecule has 0 saturated carbocycles. The Hall–Kier alpha value is -2.62. The summed E-state index contributed by atoms with van der Waals surface area (Å²) in [5.74, 6) is -0.429. The molecule has 30 heavy (non-hydrogen) atoms. The maximum absolute atomic E-state index is 13.7. The third kappa shape index (κ3) is 7.66. The van der Waals surface area contributed by atoms with Crippen LogP contribution in [0.3, 0.4) is 0 Å². The Labute approximate surface area is 181 Å². The van der Waals surface area contributed by atoms with Crippen molar-refractivity contribution in [2.24, 2.45) is 0 Å². The number of hydrogen-bond donors (Lipinski definition) is 4. The van der Waals surface area contributed by atoms with Crippen molar-refractivity contribution in [1.29, 1.82) is 10.8 Å². The van der Waals surface area contributed by atoms with Crippen LogP contribution in [0.15, 0.2) is 46.7 Å².